The van der Waals surface area contributed by atoms with Gasteiger partial charge in [-0.15, -0.1) is 4.98 Å². The van der Waals surface area contributed by atoms with Gasteiger partial charge in [-0.05, 0) is 0 Å². The fourth-order valence-electron chi connectivity index (χ4n) is 0.924. The van der Waals surface area contributed by atoms with Crippen LogP contribution in [0.2, 0.25) is 0 Å². The van der Waals surface area contributed by atoms with Gasteiger partial charge in [-0.3, -0.25) is 0 Å². The molecule has 10 heteroatoms. The first-order valence-electron chi connectivity index (χ1n) is 4.89. The molecule has 0 aliphatic heterocycles. The molecule has 0 atom stereocenters. The molecule has 9 nitrogen and oxygen atoms in total. The van der Waals surface area contributed by atoms with Gasteiger partial charge in [0.25, 0.3) is 10.2 Å². The van der Waals surface area contributed by atoms with E-state index < -0.39 is 10.2 Å². The molecule has 0 aromatic carbocycles. The number of aromatic nitrogens is 3. The van der Waals surface area contributed by atoms with Crippen LogP contribution in [0.15, 0.2) is 0 Å². The maximum Gasteiger partial charge on any atom is 0.322 e. The predicted octanol–water partition coefficient (Wildman–Crippen LogP) is -1.22. The Morgan fingerprint density at radius 2 is 1.61 bits per heavy atom. The SMILES string of the molecule is COc1nc(CNS(=O)(=O)N(C)C)nc(OC)n1. The molecule has 18 heavy (non-hydrogen) atoms. The maximum atomic E-state index is 11.5. The number of rotatable bonds is 6. The van der Waals surface area contributed by atoms with Crippen LogP contribution in [0.25, 0.3) is 0 Å². The zero-order chi connectivity index (χ0) is 13.8. The van der Waals surface area contributed by atoms with Crippen molar-refractivity contribution in [2.24, 2.45) is 0 Å². The van der Waals surface area contributed by atoms with Crippen molar-refractivity contribution in [1.29, 1.82) is 0 Å². The van der Waals surface area contributed by atoms with E-state index in [1.165, 1.54) is 28.3 Å². The average Bonchev–Trinajstić information content (AvgIpc) is 2.35. The van der Waals surface area contributed by atoms with E-state index in [0.717, 1.165) is 4.31 Å². The molecule has 0 spiro atoms. The summed E-state index contributed by atoms with van der Waals surface area (Å²) < 4.78 is 36.0. The van der Waals surface area contributed by atoms with Gasteiger partial charge >= 0.3 is 12.0 Å². The Morgan fingerprint density at radius 1 is 1.11 bits per heavy atom. The second kappa shape index (κ2) is 5.89. The van der Waals surface area contributed by atoms with E-state index in [-0.39, 0.29) is 24.4 Å². The molecule has 0 bridgehead atoms. The van der Waals surface area contributed by atoms with Gasteiger partial charge in [-0.1, -0.05) is 0 Å². The second-order valence-corrected chi connectivity index (χ2v) is 5.30. The summed E-state index contributed by atoms with van der Waals surface area (Å²) in [6.45, 7) is -0.0875. The van der Waals surface area contributed by atoms with E-state index in [9.17, 15) is 8.42 Å². The molecule has 1 aromatic rings. The number of hydrogen-bond acceptors (Lipinski definition) is 7. The summed E-state index contributed by atoms with van der Waals surface area (Å²) in [5, 5.41) is 0. The first-order valence-corrected chi connectivity index (χ1v) is 6.33. The van der Waals surface area contributed by atoms with Crippen molar-refractivity contribution >= 4 is 10.2 Å². The molecule has 0 amide bonds. The number of methoxy groups -OCH3 is 2. The lowest BCUT2D eigenvalue weighted by Crippen LogP contribution is -2.35. The topological polar surface area (TPSA) is 107 Å². The maximum absolute atomic E-state index is 11.5. The van der Waals surface area contributed by atoms with Crippen molar-refractivity contribution in [3.8, 4) is 12.0 Å². The van der Waals surface area contributed by atoms with Crippen LogP contribution in [0, 0.1) is 0 Å². The Morgan fingerprint density at radius 3 is 2.00 bits per heavy atom. The zero-order valence-electron chi connectivity index (χ0n) is 10.5. The summed E-state index contributed by atoms with van der Waals surface area (Å²) in [6.07, 6.45) is 0. The Labute approximate surface area is 105 Å². The summed E-state index contributed by atoms with van der Waals surface area (Å²) >= 11 is 0. The number of hydrogen-bond donors (Lipinski definition) is 1. The van der Waals surface area contributed by atoms with E-state index in [1.54, 1.807) is 0 Å². The van der Waals surface area contributed by atoms with Crippen LogP contribution >= 0.6 is 0 Å². The lowest BCUT2D eigenvalue weighted by atomic mass is 10.6. The monoisotopic (exact) mass is 277 g/mol. The molecule has 1 N–H and O–H groups in total. The molecule has 0 saturated carbocycles. The van der Waals surface area contributed by atoms with E-state index in [2.05, 4.69) is 19.7 Å². The van der Waals surface area contributed by atoms with Gasteiger partial charge in [0.15, 0.2) is 5.82 Å². The van der Waals surface area contributed by atoms with Crippen molar-refractivity contribution in [2.45, 2.75) is 6.54 Å². The fraction of sp³-hybridized carbons (Fsp3) is 0.625. The molecule has 1 rings (SSSR count). The highest BCUT2D eigenvalue weighted by Crippen LogP contribution is 2.08. The lowest BCUT2D eigenvalue weighted by molar-refractivity contribution is 0.336. The minimum Gasteiger partial charge on any atom is -0.467 e. The average molecular weight is 277 g/mol. The summed E-state index contributed by atoms with van der Waals surface area (Å²) in [5.41, 5.74) is 0. The summed E-state index contributed by atoms with van der Waals surface area (Å²) in [4.78, 5) is 11.6. The van der Waals surface area contributed by atoms with Crippen LogP contribution in [0.3, 0.4) is 0 Å². The highest BCUT2D eigenvalue weighted by atomic mass is 32.2. The smallest absolute Gasteiger partial charge is 0.322 e. The third-order valence-electron chi connectivity index (χ3n) is 1.90. The minimum absolute atomic E-state index is 0.0564. The summed E-state index contributed by atoms with van der Waals surface area (Å²) in [6, 6.07) is 0.113. The Bertz CT molecular complexity index is 482. The third kappa shape index (κ3) is 3.75. The molecule has 102 valence electrons. The van der Waals surface area contributed by atoms with E-state index in [0.29, 0.717) is 0 Å². The van der Waals surface area contributed by atoms with Gasteiger partial charge in [0.05, 0.1) is 20.8 Å². The van der Waals surface area contributed by atoms with Crippen LogP contribution < -0.4 is 14.2 Å². The molecule has 0 aliphatic rings. The summed E-state index contributed by atoms with van der Waals surface area (Å²) in [7, 11) is 2.08. The Balaban J connectivity index is 2.85. The van der Waals surface area contributed by atoms with Crippen molar-refractivity contribution in [3.05, 3.63) is 5.82 Å². The van der Waals surface area contributed by atoms with Gasteiger partial charge in [0, 0.05) is 14.1 Å². The van der Waals surface area contributed by atoms with Gasteiger partial charge in [0.1, 0.15) is 0 Å². The molecular weight excluding hydrogens is 262 g/mol. The van der Waals surface area contributed by atoms with E-state index in [1.807, 2.05) is 0 Å². The minimum atomic E-state index is -3.53. The number of ether oxygens (including phenoxy) is 2. The van der Waals surface area contributed by atoms with Gasteiger partial charge in [-0.2, -0.15) is 27.4 Å². The van der Waals surface area contributed by atoms with Crippen LogP contribution in [0.4, 0.5) is 0 Å². The van der Waals surface area contributed by atoms with Crippen molar-refractivity contribution in [3.63, 3.8) is 0 Å². The highest BCUT2D eigenvalue weighted by Gasteiger charge is 2.14. The second-order valence-electron chi connectivity index (χ2n) is 3.33. The van der Waals surface area contributed by atoms with Crippen LogP contribution in [0.1, 0.15) is 5.82 Å². The molecule has 0 fully saturated rings. The molecule has 1 heterocycles. The van der Waals surface area contributed by atoms with E-state index >= 15 is 0 Å². The van der Waals surface area contributed by atoms with Gasteiger partial charge in [0.2, 0.25) is 0 Å². The van der Waals surface area contributed by atoms with Gasteiger partial charge < -0.3 is 9.47 Å². The zero-order valence-corrected chi connectivity index (χ0v) is 11.4. The highest BCUT2D eigenvalue weighted by molar-refractivity contribution is 7.87. The standard InChI is InChI=1S/C8H15N5O4S/c1-13(2)18(14,15)9-5-6-10-7(16-3)12-8(11-6)17-4/h9H,5H2,1-4H3. The van der Waals surface area contributed by atoms with E-state index in [4.69, 9.17) is 9.47 Å². The van der Waals surface area contributed by atoms with Crippen molar-refractivity contribution in [1.82, 2.24) is 24.0 Å². The molecule has 0 radical (unpaired) electrons. The third-order valence-corrected chi connectivity index (χ3v) is 3.37. The van der Waals surface area contributed by atoms with Crippen LogP contribution in [-0.2, 0) is 16.8 Å². The molecule has 0 aliphatic carbocycles. The number of nitrogens with one attached hydrogen (secondary N) is 1. The fourth-order valence-corrected chi connectivity index (χ4v) is 1.49. The first kappa shape index (κ1) is 14.5. The van der Waals surface area contributed by atoms with Crippen molar-refractivity contribution in [2.75, 3.05) is 28.3 Å². The molecule has 1 aromatic heterocycles. The Kier molecular flexibility index (Phi) is 4.76. The predicted molar refractivity (Wildman–Crippen MR) is 62.4 cm³/mol. The largest absolute Gasteiger partial charge is 0.467 e. The molecule has 0 saturated heterocycles. The molecule has 0 unspecified atom stereocenters. The van der Waals surface area contributed by atoms with Crippen LogP contribution in [-0.4, -0.2) is 56.0 Å². The quantitative estimate of drug-likeness (QED) is 0.695. The summed E-state index contributed by atoms with van der Waals surface area (Å²) in [5.74, 6) is 0.198. The van der Waals surface area contributed by atoms with Crippen molar-refractivity contribution < 1.29 is 17.9 Å². The number of nitrogens with zero attached hydrogens (tertiary/aromatic N) is 4. The first-order chi connectivity index (χ1) is 8.39. The normalized spacial score (nSPS) is 11.6. The lowest BCUT2D eigenvalue weighted by Gasteiger charge is -2.12. The van der Waals surface area contributed by atoms with Crippen LogP contribution in [0.5, 0.6) is 12.0 Å². The molecular formula is C8H15N5O4S. The van der Waals surface area contributed by atoms with Gasteiger partial charge in [-0.25, -0.2) is 0 Å². The Hall–Kier alpha value is -1.52.